The number of amides is 1. The second-order valence-electron chi connectivity index (χ2n) is 5.23. The molecule has 0 bridgehead atoms. The monoisotopic (exact) mass is 331 g/mol. The molecule has 0 aliphatic carbocycles. The Balaban J connectivity index is 1.80. The van der Waals surface area contributed by atoms with E-state index in [9.17, 15) is 19.1 Å². The fraction of sp³-hybridized carbons (Fsp3) is 0.222. The molecule has 1 amide bonds. The van der Waals surface area contributed by atoms with E-state index < -0.39 is 18.0 Å². The van der Waals surface area contributed by atoms with E-state index in [0.717, 1.165) is 5.56 Å². The summed E-state index contributed by atoms with van der Waals surface area (Å²) in [6.07, 6.45) is -0.461. The van der Waals surface area contributed by atoms with E-state index in [1.54, 1.807) is 24.3 Å². The maximum atomic E-state index is 12.8. The van der Waals surface area contributed by atoms with Crippen LogP contribution >= 0.6 is 0 Å². The average molecular weight is 331 g/mol. The third kappa shape index (κ3) is 4.81. The number of esters is 1. The summed E-state index contributed by atoms with van der Waals surface area (Å²) in [6.45, 7) is 1.79. The summed E-state index contributed by atoms with van der Waals surface area (Å²) in [7, 11) is 0. The number of carbonyl (C=O) groups is 2. The van der Waals surface area contributed by atoms with Crippen LogP contribution in [0.4, 0.5) is 4.39 Å². The highest BCUT2D eigenvalue weighted by atomic mass is 19.1. The second kappa shape index (κ2) is 8.10. The van der Waals surface area contributed by atoms with E-state index in [4.69, 9.17) is 4.74 Å². The van der Waals surface area contributed by atoms with Gasteiger partial charge in [-0.15, -0.1) is 0 Å². The maximum absolute atomic E-state index is 12.8. The van der Waals surface area contributed by atoms with Crippen LogP contribution in [0.3, 0.4) is 0 Å². The van der Waals surface area contributed by atoms with Gasteiger partial charge in [0.2, 0.25) is 0 Å². The molecule has 24 heavy (non-hydrogen) atoms. The topological polar surface area (TPSA) is 75.6 Å². The van der Waals surface area contributed by atoms with Gasteiger partial charge in [0.1, 0.15) is 17.1 Å². The van der Waals surface area contributed by atoms with Gasteiger partial charge in [0.15, 0.2) is 6.10 Å². The fourth-order valence-corrected chi connectivity index (χ4v) is 2.05. The van der Waals surface area contributed by atoms with Crippen molar-refractivity contribution < 1.29 is 23.8 Å². The van der Waals surface area contributed by atoms with Crippen LogP contribution in [0.25, 0.3) is 0 Å². The van der Waals surface area contributed by atoms with Crippen LogP contribution in [0, 0.1) is 5.82 Å². The zero-order valence-corrected chi connectivity index (χ0v) is 13.2. The summed E-state index contributed by atoms with van der Waals surface area (Å²) in [5.41, 5.74) is 0.888. The summed E-state index contributed by atoms with van der Waals surface area (Å²) in [5.74, 6) is -1.73. The number of hydrogen-bond acceptors (Lipinski definition) is 4. The molecule has 0 radical (unpaired) electrons. The molecule has 2 rings (SSSR count). The Morgan fingerprint density at radius 2 is 1.83 bits per heavy atom. The molecule has 5 nitrogen and oxygen atoms in total. The molecule has 0 heterocycles. The van der Waals surface area contributed by atoms with Crippen LogP contribution < -0.4 is 5.32 Å². The van der Waals surface area contributed by atoms with Crippen LogP contribution in [-0.4, -0.2) is 29.6 Å². The first-order valence-corrected chi connectivity index (χ1v) is 7.48. The maximum Gasteiger partial charge on any atom is 0.342 e. The predicted molar refractivity (Wildman–Crippen MR) is 86.1 cm³/mol. The number of ether oxygens (including phenoxy) is 1. The lowest BCUT2D eigenvalue weighted by molar-refractivity contribution is -0.129. The second-order valence-corrected chi connectivity index (χ2v) is 5.23. The van der Waals surface area contributed by atoms with Crippen LogP contribution in [0.15, 0.2) is 48.5 Å². The third-order valence-electron chi connectivity index (χ3n) is 3.40. The molecule has 0 aromatic heterocycles. The number of halogens is 1. The number of carbonyl (C=O) groups excluding carboxylic acids is 2. The molecule has 0 aliphatic rings. The van der Waals surface area contributed by atoms with Gasteiger partial charge in [-0.25, -0.2) is 9.18 Å². The molecule has 0 aliphatic heterocycles. The lowest BCUT2D eigenvalue weighted by Gasteiger charge is -2.14. The van der Waals surface area contributed by atoms with Gasteiger partial charge in [-0.1, -0.05) is 24.3 Å². The number of phenols is 1. The predicted octanol–water partition coefficient (Wildman–Crippen LogP) is 2.44. The first-order chi connectivity index (χ1) is 11.5. The minimum atomic E-state index is -0.995. The first-order valence-electron chi connectivity index (χ1n) is 7.48. The van der Waals surface area contributed by atoms with Crippen molar-refractivity contribution in [3.63, 3.8) is 0 Å². The van der Waals surface area contributed by atoms with Gasteiger partial charge < -0.3 is 15.2 Å². The molecule has 0 spiro atoms. The Bertz CT molecular complexity index is 715. The van der Waals surface area contributed by atoms with E-state index in [-0.39, 0.29) is 17.1 Å². The molecule has 2 aromatic carbocycles. The van der Waals surface area contributed by atoms with Crippen molar-refractivity contribution in [1.29, 1.82) is 0 Å². The molecule has 0 saturated heterocycles. The van der Waals surface area contributed by atoms with Gasteiger partial charge in [-0.2, -0.15) is 0 Å². The highest BCUT2D eigenvalue weighted by molar-refractivity contribution is 5.94. The van der Waals surface area contributed by atoms with E-state index in [1.165, 1.54) is 31.2 Å². The van der Waals surface area contributed by atoms with Gasteiger partial charge in [0, 0.05) is 6.54 Å². The quantitative estimate of drug-likeness (QED) is 0.797. The van der Waals surface area contributed by atoms with E-state index >= 15 is 0 Å². The number of hydrogen-bond donors (Lipinski definition) is 2. The van der Waals surface area contributed by atoms with E-state index in [1.807, 2.05) is 0 Å². The average Bonchev–Trinajstić information content (AvgIpc) is 2.56. The van der Waals surface area contributed by atoms with Crippen LogP contribution in [0.2, 0.25) is 0 Å². The van der Waals surface area contributed by atoms with Gasteiger partial charge in [0.25, 0.3) is 5.91 Å². The number of nitrogens with one attached hydrogen (secondary N) is 1. The molecule has 2 aromatic rings. The van der Waals surface area contributed by atoms with Gasteiger partial charge in [0.05, 0.1) is 0 Å². The third-order valence-corrected chi connectivity index (χ3v) is 3.40. The van der Waals surface area contributed by atoms with Crippen molar-refractivity contribution in [3.05, 3.63) is 65.5 Å². The number of benzene rings is 2. The molecular weight excluding hydrogens is 313 g/mol. The largest absolute Gasteiger partial charge is 0.507 e. The normalized spacial score (nSPS) is 11.6. The van der Waals surface area contributed by atoms with Crippen LogP contribution in [0.5, 0.6) is 5.75 Å². The lowest BCUT2D eigenvalue weighted by atomic mass is 10.1. The van der Waals surface area contributed by atoms with Gasteiger partial charge in [-0.3, -0.25) is 4.79 Å². The fourth-order valence-electron chi connectivity index (χ4n) is 2.05. The van der Waals surface area contributed by atoms with Crippen molar-refractivity contribution in [2.75, 3.05) is 6.54 Å². The van der Waals surface area contributed by atoms with Crippen molar-refractivity contribution >= 4 is 11.9 Å². The zero-order chi connectivity index (χ0) is 17.5. The summed E-state index contributed by atoms with van der Waals surface area (Å²) in [5, 5.41) is 12.2. The molecule has 6 heteroatoms. The molecular formula is C18H18FNO4. The van der Waals surface area contributed by atoms with Crippen molar-refractivity contribution in [2.24, 2.45) is 0 Å². The first kappa shape index (κ1) is 17.5. The molecule has 2 N–H and O–H groups in total. The van der Waals surface area contributed by atoms with Crippen molar-refractivity contribution in [2.45, 2.75) is 19.4 Å². The Morgan fingerprint density at radius 1 is 1.17 bits per heavy atom. The van der Waals surface area contributed by atoms with Crippen molar-refractivity contribution in [1.82, 2.24) is 5.32 Å². The lowest BCUT2D eigenvalue weighted by Crippen LogP contribution is -2.36. The minimum absolute atomic E-state index is 0.00321. The Kier molecular flexibility index (Phi) is 5.89. The minimum Gasteiger partial charge on any atom is -0.507 e. The van der Waals surface area contributed by atoms with Crippen LogP contribution in [0.1, 0.15) is 22.8 Å². The number of phenolic OH excluding ortho intramolecular Hbond substituents is 1. The van der Waals surface area contributed by atoms with E-state index in [0.29, 0.717) is 13.0 Å². The van der Waals surface area contributed by atoms with Gasteiger partial charge >= 0.3 is 5.97 Å². The number of aromatic hydroxyl groups is 1. The smallest absolute Gasteiger partial charge is 0.342 e. The summed E-state index contributed by atoms with van der Waals surface area (Å²) >= 11 is 0. The van der Waals surface area contributed by atoms with E-state index in [2.05, 4.69) is 5.32 Å². The van der Waals surface area contributed by atoms with Crippen molar-refractivity contribution in [3.8, 4) is 5.75 Å². The molecule has 0 fully saturated rings. The summed E-state index contributed by atoms with van der Waals surface area (Å²) < 4.78 is 17.8. The molecule has 0 unspecified atom stereocenters. The number of rotatable bonds is 6. The van der Waals surface area contributed by atoms with Crippen LogP contribution in [-0.2, 0) is 16.0 Å². The zero-order valence-electron chi connectivity index (χ0n) is 13.2. The summed E-state index contributed by atoms with van der Waals surface area (Å²) in [4.78, 5) is 23.8. The highest BCUT2D eigenvalue weighted by Crippen LogP contribution is 2.17. The summed E-state index contributed by atoms with van der Waals surface area (Å²) in [6, 6.07) is 11.9. The highest BCUT2D eigenvalue weighted by Gasteiger charge is 2.20. The standard InChI is InChI=1S/C18H18FNO4/c1-12(24-18(23)15-4-2-3-5-16(15)21)17(22)20-11-10-13-6-8-14(19)9-7-13/h2-9,12,21H,10-11H2,1H3,(H,20,22)/t12-/m1/s1. The Labute approximate surface area is 139 Å². The van der Waals surface area contributed by atoms with Gasteiger partial charge in [-0.05, 0) is 43.2 Å². The SMILES string of the molecule is C[C@@H](OC(=O)c1ccccc1O)C(=O)NCCc1ccc(F)cc1. The molecule has 0 saturated carbocycles. The Morgan fingerprint density at radius 3 is 2.50 bits per heavy atom. The molecule has 126 valence electrons. The number of para-hydroxylation sites is 1. The Hall–Kier alpha value is -2.89. The molecule has 1 atom stereocenters.